The largest absolute Gasteiger partial charge is 0.492 e. The number of aliphatic imine (C=N–C) groups is 1. The number of thiophene rings is 1. The number of nitrogens with zero attached hydrogens (tertiary/aromatic N) is 4. The molecule has 0 bridgehead atoms. The molecule has 0 aliphatic heterocycles. The van der Waals surface area contributed by atoms with Crippen LogP contribution in [0, 0.1) is 13.8 Å². The van der Waals surface area contributed by atoms with Gasteiger partial charge in [0.1, 0.15) is 24.7 Å². The summed E-state index contributed by atoms with van der Waals surface area (Å²) in [5.41, 5.74) is 1.22. The fourth-order valence-corrected chi connectivity index (χ4v) is 3.11. The zero-order chi connectivity index (χ0) is 19.8. The van der Waals surface area contributed by atoms with E-state index in [1.54, 1.807) is 11.3 Å². The van der Waals surface area contributed by atoms with Crippen LogP contribution >= 0.6 is 11.3 Å². The topological polar surface area (TPSA) is 76.4 Å². The van der Waals surface area contributed by atoms with Crippen LogP contribution < -0.4 is 15.4 Å². The van der Waals surface area contributed by atoms with Gasteiger partial charge < -0.3 is 19.9 Å². The Morgan fingerprint density at radius 3 is 2.64 bits per heavy atom. The number of aryl methyl sites for hydroxylation is 2. The quantitative estimate of drug-likeness (QED) is 0.347. The zero-order valence-electron chi connectivity index (χ0n) is 16.5. The number of ether oxygens (including phenoxy) is 1. The normalized spacial score (nSPS) is 11.5. The highest BCUT2D eigenvalue weighted by atomic mass is 32.1. The number of rotatable bonds is 8. The molecule has 0 fully saturated rings. The Balaban J connectivity index is 1.54. The van der Waals surface area contributed by atoms with E-state index in [0.717, 1.165) is 29.9 Å². The van der Waals surface area contributed by atoms with Crippen molar-refractivity contribution in [3.05, 3.63) is 63.9 Å². The van der Waals surface area contributed by atoms with Crippen molar-refractivity contribution in [3.63, 3.8) is 0 Å². The van der Waals surface area contributed by atoms with Crippen molar-refractivity contribution in [1.29, 1.82) is 0 Å². The van der Waals surface area contributed by atoms with Gasteiger partial charge in [0.25, 0.3) is 0 Å². The van der Waals surface area contributed by atoms with E-state index in [4.69, 9.17) is 4.74 Å². The van der Waals surface area contributed by atoms with E-state index in [1.165, 1.54) is 10.4 Å². The van der Waals surface area contributed by atoms with Crippen LogP contribution in [-0.4, -0.2) is 33.9 Å². The van der Waals surface area contributed by atoms with Crippen molar-refractivity contribution in [2.24, 2.45) is 12.0 Å². The Labute approximate surface area is 169 Å². The number of aromatic nitrogens is 3. The van der Waals surface area contributed by atoms with Crippen LogP contribution in [0.4, 0.5) is 0 Å². The van der Waals surface area contributed by atoms with Crippen LogP contribution in [0.5, 0.6) is 5.75 Å². The highest BCUT2D eigenvalue weighted by Crippen LogP contribution is 2.11. The molecular formula is C20H26N6OS. The van der Waals surface area contributed by atoms with Gasteiger partial charge in [-0.15, -0.1) is 21.5 Å². The third-order valence-corrected chi connectivity index (χ3v) is 5.13. The van der Waals surface area contributed by atoms with E-state index in [2.05, 4.69) is 44.2 Å². The molecule has 0 saturated heterocycles. The van der Waals surface area contributed by atoms with E-state index < -0.39 is 0 Å². The van der Waals surface area contributed by atoms with Crippen molar-refractivity contribution in [2.45, 2.75) is 26.9 Å². The minimum Gasteiger partial charge on any atom is -0.492 e. The van der Waals surface area contributed by atoms with Gasteiger partial charge in [-0.2, -0.15) is 0 Å². The van der Waals surface area contributed by atoms with Crippen LogP contribution in [0.15, 0.2) is 46.8 Å². The van der Waals surface area contributed by atoms with Crippen molar-refractivity contribution in [2.75, 3.05) is 13.2 Å². The molecule has 0 radical (unpaired) electrons. The molecule has 0 aliphatic carbocycles. The number of nitrogens with one attached hydrogen (secondary N) is 2. The molecule has 0 saturated carbocycles. The molecule has 0 spiro atoms. The Morgan fingerprint density at radius 1 is 1.14 bits per heavy atom. The molecule has 0 unspecified atom stereocenters. The third-order valence-electron chi connectivity index (χ3n) is 4.26. The molecule has 2 heterocycles. The molecule has 8 heteroatoms. The predicted molar refractivity (Wildman–Crippen MR) is 113 cm³/mol. The lowest BCUT2D eigenvalue weighted by molar-refractivity contribution is 0.322. The van der Waals surface area contributed by atoms with E-state index in [1.807, 2.05) is 48.9 Å². The molecule has 28 heavy (non-hydrogen) atoms. The van der Waals surface area contributed by atoms with Crippen molar-refractivity contribution in [1.82, 2.24) is 25.4 Å². The van der Waals surface area contributed by atoms with Crippen LogP contribution in [-0.2, 0) is 20.1 Å². The Kier molecular flexibility index (Phi) is 7.02. The van der Waals surface area contributed by atoms with Gasteiger partial charge in [0.15, 0.2) is 11.8 Å². The highest BCUT2D eigenvalue weighted by molar-refractivity contribution is 7.09. The average molecular weight is 399 g/mol. The molecule has 2 N–H and O–H groups in total. The molecule has 0 aliphatic rings. The Morgan fingerprint density at radius 2 is 1.96 bits per heavy atom. The molecule has 2 aromatic heterocycles. The zero-order valence-corrected chi connectivity index (χ0v) is 17.3. The van der Waals surface area contributed by atoms with Gasteiger partial charge in [0.05, 0.1) is 13.1 Å². The predicted octanol–water partition coefficient (Wildman–Crippen LogP) is 2.81. The second-order valence-corrected chi connectivity index (χ2v) is 7.44. The monoisotopic (exact) mass is 398 g/mol. The maximum absolute atomic E-state index is 5.78. The smallest absolute Gasteiger partial charge is 0.192 e. The molecule has 0 atom stereocenters. The standard InChI is InChI=1S/C20H26N6OS/c1-15-6-8-17(9-7-15)27-11-10-21-20(22-13-18-5-4-12-28-18)23-14-19-25-24-16(2)26(19)3/h4-9,12H,10-11,13-14H2,1-3H3,(H2,21,22,23). The average Bonchev–Trinajstić information content (AvgIpc) is 3.33. The van der Waals surface area contributed by atoms with Crippen LogP contribution in [0.3, 0.4) is 0 Å². The second-order valence-electron chi connectivity index (χ2n) is 6.41. The van der Waals surface area contributed by atoms with Gasteiger partial charge in [0.2, 0.25) is 0 Å². The summed E-state index contributed by atoms with van der Waals surface area (Å²) in [6.45, 7) is 6.35. The lowest BCUT2D eigenvalue weighted by Crippen LogP contribution is -2.39. The molecule has 0 amide bonds. The number of benzene rings is 1. The fourth-order valence-electron chi connectivity index (χ4n) is 2.47. The highest BCUT2D eigenvalue weighted by Gasteiger charge is 2.06. The second kappa shape index (κ2) is 9.89. The SMILES string of the molecule is Cc1ccc(OCCNC(=NCc2nnc(C)n2C)NCc2cccs2)cc1. The van der Waals surface area contributed by atoms with Gasteiger partial charge in [-0.1, -0.05) is 23.8 Å². The first-order chi connectivity index (χ1) is 13.6. The minimum atomic E-state index is 0.454. The van der Waals surface area contributed by atoms with E-state index in [0.29, 0.717) is 19.7 Å². The summed E-state index contributed by atoms with van der Waals surface area (Å²) in [5, 5.41) is 17.0. The van der Waals surface area contributed by atoms with E-state index >= 15 is 0 Å². The maximum atomic E-state index is 5.78. The van der Waals surface area contributed by atoms with Gasteiger partial charge in [-0.05, 0) is 37.4 Å². The molecule has 3 aromatic rings. The molecule has 3 rings (SSSR count). The third kappa shape index (κ3) is 5.82. The lowest BCUT2D eigenvalue weighted by atomic mass is 10.2. The molecular weight excluding hydrogens is 372 g/mol. The summed E-state index contributed by atoms with van der Waals surface area (Å²) in [7, 11) is 1.95. The first-order valence-electron chi connectivity index (χ1n) is 9.21. The fraction of sp³-hybridized carbons (Fsp3) is 0.350. The molecule has 148 valence electrons. The van der Waals surface area contributed by atoms with E-state index in [9.17, 15) is 0 Å². The number of hydrogen-bond acceptors (Lipinski definition) is 5. The number of hydrogen-bond donors (Lipinski definition) is 2. The summed E-state index contributed by atoms with van der Waals surface area (Å²) in [5.74, 6) is 3.29. The first kappa shape index (κ1) is 19.9. The summed E-state index contributed by atoms with van der Waals surface area (Å²) < 4.78 is 7.72. The Bertz CT molecular complexity index is 886. The van der Waals surface area contributed by atoms with Gasteiger partial charge in [-0.25, -0.2) is 4.99 Å². The summed E-state index contributed by atoms with van der Waals surface area (Å²) in [4.78, 5) is 5.89. The van der Waals surface area contributed by atoms with Gasteiger partial charge in [-0.3, -0.25) is 0 Å². The van der Waals surface area contributed by atoms with Crippen LogP contribution in [0.1, 0.15) is 22.1 Å². The first-order valence-corrected chi connectivity index (χ1v) is 10.1. The molecule has 1 aromatic carbocycles. The van der Waals surface area contributed by atoms with Crippen molar-refractivity contribution < 1.29 is 4.74 Å². The van der Waals surface area contributed by atoms with Gasteiger partial charge in [0, 0.05) is 11.9 Å². The van der Waals surface area contributed by atoms with E-state index in [-0.39, 0.29) is 0 Å². The van der Waals surface area contributed by atoms with Crippen LogP contribution in [0.25, 0.3) is 0 Å². The van der Waals surface area contributed by atoms with Gasteiger partial charge >= 0.3 is 0 Å². The Hall–Kier alpha value is -2.87. The lowest BCUT2D eigenvalue weighted by Gasteiger charge is -2.13. The maximum Gasteiger partial charge on any atom is 0.192 e. The molecule has 7 nitrogen and oxygen atoms in total. The summed E-state index contributed by atoms with van der Waals surface area (Å²) in [6, 6.07) is 12.2. The number of guanidine groups is 1. The van der Waals surface area contributed by atoms with Crippen molar-refractivity contribution in [3.8, 4) is 5.75 Å². The van der Waals surface area contributed by atoms with Crippen LogP contribution in [0.2, 0.25) is 0 Å². The summed E-state index contributed by atoms with van der Waals surface area (Å²) >= 11 is 1.72. The van der Waals surface area contributed by atoms with Crippen molar-refractivity contribution >= 4 is 17.3 Å². The minimum absolute atomic E-state index is 0.454. The summed E-state index contributed by atoms with van der Waals surface area (Å²) in [6.07, 6.45) is 0.